The molecule has 1 aromatic rings. The van der Waals surface area contributed by atoms with Gasteiger partial charge < -0.3 is 5.73 Å². The summed E-state index contributed by atoms with van der Waals surface area (Å²) in [6.07, 6.45) is 7.37. The van der Waals surface area contributed by atoms with Gasteiger partial charge in [-0.3, -0.25) is 4.98 Å². The quantitative estimate of drug-likeness (QED) is 0.813. The number of hydrogen-bond acceptors (Lipinski definition) is 2. The molecule has 2 nitrogen and oxygen atoms in total. The van der Waals surface area contributed by atoms with Crippen LogP contribution < -0.4 is 5.73 Å². The minimum absolute atomic E-state index is 0.562. The van der Waals surface area contributed by atoms with E-state index in [-0.39, 0.29) is 0 Å². The zero-order valence-corrected chi connectivity index (χ0v) is 7.58. The molecular weight excluding hydrogens is 204 g/mol. The Bertz CT molecular complexity index is 258. The summed E-state index contributed by atoms with van der Waals surface area (Å²) in [5, 5.41) is 0. The van der Waals surface area contributed by atoms with Crippen molar-refractivity contribution in [1.29, 1.82) is 0 Å². The maximum atomic E-state index is 5.30. The van der Waals surface area contributed by atoms with E-state index in [9.17, 15) is 0 Å². The molecule has 0 aromatic carbocycles. The molecule has 1 rings (SSSR count). The van der Waals surface area contributed by atoms with Gasteiger partial charge in [-0.05, 0) is 27.6 Å². The summed E-state index contributed by atoms with van der Waals surface area (Å²) in [5.74, 6) is 0. The van der Waals surface area contributed by atoms with Crippen molar-refractivity contribution in [1.82, 2.24) is 4.98 Å². The first-order valence-corrected chi connectivity index (χ1v) is 4.09. The first-order chi connectivity index (χ1) is 5.33. The fourth-order valence-electron chi connectivity index (χ4n) is 0.724. The van der Waals surface area contributed by atoms with Crippen molar-refractivity contribution >= 4 is 22.0 Å². The van der Waals surface area contributed by atoms with Crippen molar-refractivity contribution in [2.24, 2.45) is 5.73 Å². The van der Waals surface area contributed by atoms with Crippen LogP contribution in [-0.2, 0) is 0 Å². The number of pyridine rings is 1. The van der Waals surface area contributed by atoms with Crippen molar-refractivity contribution in [2.45, 2.75) is 0 Å². The van der Waals surface area contributed by atoms with Crippen molar-refractivity contribution in [3.8, 4) is 0 Å². The molecule has 0 aliphatic rings. The van der Waals surface area contributed by atoms with Crippen LogP contribution in [0.5, 0.6) is 0 Å². The Hall–Kier alpha value is -0.670. The highest BCUT2D eigenvalue weighted by atomic mass is 79.9. The van der Waals surface area contributed by atoms with E-state index in [0.29, 0.717) is 6.54 Å². The third-order valence-electron chi connectivity index (χ3n) is 1.17. The monoisotopic (exact) mass is 212 g/mol. The third kappa shape index (κ3) is 2.82. The summed E-state index contributed by atoms with van der Waals surface area (Å²) in [6.45, 7) is 0.562. The lowest BCUT2D eigenvalue weighted by Crippen LogP contribution is -1.91. The van der Waals surface area contributed by atoms with E-state index in [4.69, 9.17) is 5.73 Å². The number of nitrogens with two attached hydrogens (primary N) is 1. The average molecular weight is 213 g/mol. The number of hydrogen-bond donors (Lipinski definition) is 1. The molecule has 3 heteroatoms. The van der Waals surface area contributed by atoms with Gasteiger partial charge in [0.25, 0.3) is 0 Å². The van der Waals surface area contributed by atoms with E-state index in [2.05, 4.69) is 20.9 Å². The van der Waals surface area contributed by atoms with E-state index in [1.54, 1.807) is 12.4 Å². The van der Waals surface area contributed by atoms with Gasteiger partial charge in [-0.1, -0.05) is 12.2 Å². The van der Waals surface area contributed by atoms with E-state index in [0.717, 1.165) is 10.0 Å². The zero-order chi connectivity index (χ0) is 8.10. The molecule has 0 radical (unpaired) electrons. The molecule has 11 heavy (non-hydrogen) atoms. The van der Waals surface area contributed by atoms with Gasteiger partial charge in [0, 0.05) is 23.4 Å². The predicted molar refractivity (Wildman–Crippen MR) is 50.0 cm³/mol. The summed E-state index contributed by atoms with van der Waals surface area (Å²) < 4.78 is 0.983. The summed E-state index contributed by atoms with van der Waals surface area (Å²) in [6, 6.07) is 1.99. The Kier molecular flexibility index (Phi) is 3.26. The van der Waals surface area contributed by atoms with Crippen LogP contribution in [0.4, 0.5) is 0 Å². The first kappa shape index (κ1) is 8.43. The van der Waals surface area contributed by atoms with E-state index < -0.39 is 0 Å². The molecule has 0 saturated heterocycles. The van der Waals surface area contributed by atoms with Crippen LogP contribution >= 0.6 is 15.9 Å². The van der Waals surface area contributed by atoms with Crippen molar-refractivity contribution in [3.63, 3.8) is 0 Å². The second kappa shape index (κ2) is 4.26. The topological polar surface area (TPSA) is 38.9 Å². The molecule has 0 aliphatic carbocycles. The molecule has 0 spiro atoms. The molecular formula is C8H9BrN2. The van der Waals surface area contributed by atoms with Gasteiger partial charge in [-0.2, -0.15) is 0 Å². The van der Waals surface area contributed by atoms with Crippen molar-refractivity contribution in [2.75, 3.05) is 6.54 Å². The lowest BCUT2D eigenvalue weighted by Gasteiger charge is -1.91. The molecule has 0 amide bonds. The number of aromatic nitrogens is 1. The normalized spacial score (nSPS) is 10.7. The van der Waals surface area contributed by atoms with Crippen LogP contribution in [0.3, 0.4) is 0 Å². The first-order valence-electron chi connectivity index (χ1n) is 3.30. The van der Waals surface area contributed by atoms with Crippen LogP contribution in [0.2, 0.25) is 0 Å². The van der Waals surface area contributed by atoms with Gasteiger partial charge in [0.2, 0.25) is 0 Å². The zero-order valence-electron chi connectivity index (χ0n) is 6.00. The number of rotatable bonds is 2. The maximum absolute atomic E-state index is 5.30. The van der Waals surface area contributed by atoms with Gasteiger partial charge in [-0.15, -0.1) is 0 Å². The Labute approximate surface area is 74.3 Å². The molecule has 0 bridgehead atoms. The Morgan fingerprint density at radius 2 is 2.36 bits per heavy atom. The van der Waals surface area contributed by atoms with E-state index in [1.165, 1.54) is 0 Å². The van der Waals surface area contributed by atoms with Gasteiger partial charge >= 0.3 is 0 Å². The molecule has 2 N–H and O–H groups in total. The maximum Gasteiger partial charge on any atom is 0.0410 e. The summed E-state index contributed by atoms with van der Waals surface area (Å²) in [4.78, 5) is 4.00. The SMILES string of the molecule is NCC=Cc1cncc(Br)c1. The molecule has 0 aliphatic heterocycles. The van der Waals surface area contributed by atoms with Gasteiger partial charge in [0.1, 0.15) is 0 Å². The van der Waals surface area contributed by atoms with Crippen LogP contribution in [-0.4, -0.2) is 11.5 Å². The van der Waals surface area contributed by atoms with Crippen LogP contribution in [0.15, 0.2) is 29.0 Å². The second-order valence-corrected chi connectivity index (χ2v) is 2.99. The molecule has 1 aromatic heterocycles. The van der Waals surface area contributed by atoms with Crippen LogP contribution in [0, 0.1) is 0 Å². The van der Waals surface area contributed by atoms with Gasteiger partial charge in [0.15, 0.2) is 0 Å². The van der Waals surface area contributed by atoms with Crippen LogP contribution in [0.1, 0.15) is 5.56 Å². The van der Waals surface area contributed by atoms with Crippen LogP contribution in [0.25, 0.3) is 6.08 Å². The fraction of sp³-hybridized carbons (Fsp3) is 0.125. The highest BCUT2D eigenvalue weighted by Crippen LogP contribution is 2.10. The Balaban J connectivity index is 2.79. The number of nitrogens with zero attached hydrogens (tertiary/aromatic N) is 1. The summed E-state index contributed by atoms with van der Waals surface area (Å²) in [7, 11) is 0. The predicted octanol–water partition coefficient (Wildman–Crippen LogP) is 1.82. The Morgan fingerprint density at radius 3 is 3.00 bits per heavy atom. The van der Waals surface area contributed by atoms with E-state index >= 15 is 0 Å². The minimum Gasteiger partial charge on any atom is -0.327 e. The average Bonchev–Trinajstić information content (AvgIpc) is 2.01. The second-order valence-electron chi connectivity index (χ2n) is 2.07. The highest BCUT2D eigenvalue weighted by molar-refractivity contribution is 9.10. The van der Waals surface area contributed by atoms with E-state index in [1.807, 2.05) is 18.2 Å². The van der Waals surface area contributed by atoms with Crippen molar-refractivity contribution in [3.05, 3.63) is 34.6 Å². The molecule has 0 saturated carbocycles. The standard InChI is InChI=1S/C8H9BrN2/c9-8-4-7(2-1-3-10)5-11-6-8/h1-2,4-6H,3,10H2. The lowest BCUT2D eigenvalue weighted by molar-refractivity contribution is 1.26. The highest BCUT2D eigenvalue weighted by Gasteiger charge is 1.87. The molecule has 0 atom stereocenters. The summed E-state index contributed by atoms with van der Waals surface area (Å²) >= 11 is 3.33. The molecule has 58 valence electrons. The van der Waals surface area contributed by atoms with Crippen molar-refractivity contribution < 1.29 is 0 Å². The summed E-state index contributed by atoms with van der Waals surface area (Å²) in [5.41, 5.74) is 6.36. The molecule has 0 fully saturated rings. The minimum atomic E-state index is 0.562. The molecule has 1 heterocycles. The Morgan fingerprint density at radius 1 is 1.55 bits per heavy atom. The lowest BCUT2D eigenvalue weighted by atomic mass is 10.2. The van der Waals surface area contributed by atoms with Gasteiger partial charge in [-0.25, -0.2) is 0 Å². The third-order valence-corrected chi connectivity index (χ3v) is 1.61. The number of halogens is 1. The largest absolute Gasteiger partial charge is 0.327 e. The molecule has 0 unspecified atom stereocenters. The smallest absolute Gasteiger partial charge is 0.0410 e. The fourth-order valence-corrected chi connectivity index (χ4v) is 1.11. The van der Waals surface area contributed by atoms with Gasteiger partial charge in [0.05, 0.1) is 0 Å².